The molecule has 1 saturated heterocycles. The third-order valence-electron chi connectivity index (χ3n) is 5.67. The third-order valence-corrected chi connectivity index (χ3v) is 5.67. The Balaban J connectivity index is 1.90. The van der Waals surface area contributed by atoms with Crippen LogP contribution in [0.2, 0.25) is 0 Å². The van der Waals surface area contributed by atoms with Crippen LogP contribution in [0.5, 0.6) is 0 Å². The smallest absolute Gasteiger partial charge is 0.274 e. The molecule has 1 aromatic carbocycles. The summed E-state index contributed by atoms with van der Waals surface area (Å²) in [5.74, 6) is 1.23. The minimum absolute atomic E-state index is 0.0786. The number of hydrogen-bond donors (Lipinski definition) is 3. The molecule has 0 radical (unpaired) electrons. The highest BCUT2D eigenvalue weighted by atomic mass is 16.6. The molecule has 3 N–H and O–H groups in total. The van der Waals surface area contributed by atoms with E-state index in [-0.39, 0.29) is 11.3 Å². The Morgan fingerprint density at radius 3 is 2.62 bits per heavy atom. The van der Waals surface area contributed by atoms with Crippen LogP contribution in [-0.2, 0) is 4.84 Å². The van der Waals surface area contributed by atoms with Crippen molar-refractivity contribution in [1.29, 1.82) is 0 Å². The van der Waals surface area contributed by atoms with E-state index in [2.05, 4.69) is 58.7 Å². The Labute approximate surface area is 202 Å². The molecule has 0 saturated carbocycles. The van der Waals surface area contributed by atoms with Crippen molar-refractivity contribution in [3.63, 3.8) is 0 Å². The second-order valence-electron chi connectivity index (χ2n) is 10.0. The molecule has 2 heterocycles. The highest BCUT2D eigenvalue weighted by molar-refractivity contribution is 5.94. The van der Waals surface area contributed by atoms with E-state index in [1.165, 1.54) is 7.11 Å². The van der Waals surface area contributed by atoms with Crippen molar-refractivity contribution in [2.45, 2.75) is 47.1 Å². The van der Waals surface area contributed by atoms with Gasteiger partial charge in [-0.1, -0.05) is 33.8 Å². The molecule has 1 aliphatic rings. The number of nitrogens with zero attached hydrogens (tertiary/aromatic N) is 5. The Morgan fingerprint density at radius 1 is 1.24 bits per heavy atom. The van der Waals surface area contributed by atoms with Gasteiger partial charge in [0.25, 0.3) is 5.91 Å². The van der Waals surface area contributed by atoms with Gasteiger partial charge in [-0.2, -0.15) is 15.0 Å². The number of benzene rings is 1. The molecule has 0 unspecified atom stereocenters. The number of aromatic nitrogens is 3. The van der Waals surface area contributed by atoms with E-state index < -0.39 is 0 Å². The molecule has 0 bridgehead atoms. The van der Waals surface area contributed by atoms with Crippen LogP contribution in [0, 0.1) is 12.3 Å². The summed E-state index contributed by atoms with van der Waals surface area (Å²) in [6.45, 7) is 14.5. The second-order valence-corrected chi connectivity index (χ2v) is 10.0. The molecule has 1 amide bonds. The summed E-state index contributed by atoms with van der Waals surface area (Å²) in [5.41, 5.74) is 4.60. The predicted octanol–water partition coefficient (Wildman–Crippen LogP) is 3.20. The number of rotatable bonds is 9. The fraction of sp³-hybridized carbons (Fsp3) is 0.583. The fourth-order valence-electron chi connectivity index (χ4n) is 4.03. The van der Waals surface area contributed by atoms with Gasteiger partial charge in [-0.3, -0.25) is 9.63 Å². The lowest BCUT2D eigenvalue weighted by atomic mass is 9.96. The first-order valence-corrected chi connectivity index (χ1v) is 11.7. The number of hydrogen-bond acceptors (Lipinski definition) is 9. The van der Waals surface area contributed by atoms with Gasteiger partial charge in [-0.15, -0.1) is 0 Å². The van der Waals surface area contributed by atoms with Gasteiger partial charge in [0, 0.05) is 44.0 Å². The van der Waals surface area contributed by atoms with Gasteiger partial charge in [0.05, 0.1) is 7.11 Å². The van der Waals surface area contributed by atoms with E-state index in [0.29, 0.717) is 29.5 Å². The average molecular weight is 471 g/mol. The predicted molar refractivity (Wildman–Crippen MR) is 136 cm³/mol. The molecule has 1 atom stereocenters. The van der Waals surface area contributed by atoms with E-state index >= 15 is 0 Å². The summed E-state index contributed by atoms with van der Waals surface area (Å²) in [6, 6.07) is 5.67. The maximum absolute atomic E-state index is 12.2. The molecule has 0 aliphatic carbocycles. The number of carbonyl (C=O) groups excluding carboxylic acids is 1. The van der Waals surface area contributed by atoms with Crippen molar-refractivity contribution in [3.05, 3.63) is 29.3 Å². The number of carbonyl (C=O) groups is 1. The zero-order valence-electron chi connectivity index (χ0n) is 21.4. The first-order chi connectivity index (χ1) is 16.1. The lowest BCUT2D eigenvalue weighted by Crippen LogP contribution is -2.31. The lowest BCUT2D eigenvalue weighted by Gasteiger charge is -2.27. The van der Waals surface area contributed by atoms with Gasteiger partial charge in [-0.05, 0) is 43.0 Å². The highest BCUT2D eigenvalue weighted by Gasteiger charge is 2.23. The SMILES string of the molecule is CCN1CC[C@@H](Nc2nc(Nc3cc(C(=O)NOC)ccc3C)nc(N(C)CC(C)(C)C)n2)C1. The number of amides is 1. The van der Waals surface area contributed by atoms with Crippen LogP contribution in [0.3, 0.4) is 0 Å². The number of likely N-dealkylation sites (tertiary alicyclic amines) is 1. The maximum atomic E-state index is 12.2. The minimum atomic E-state index is -0.323. The van der Waals surface area contributed by atoms with Crippen molar-refractivity contribution in [3.8, 4) is 0 Å². The van der Waals surface area contributed by atoms with E-state index in [1.807, 2.05) is 24.9 Å². The summed E-state index contributed by atoms with van der Waals surface area (Å²) >= 11 is 0. The summed E-state index contributed by atoms with van der Waals surface area (Å²) < 4.78 is 0. The largest absolute Gasteiger partial charge is 0.350 e. The molecular weight excluding hydrogens is 432 g/mol. The molecule has 186 valence electrons. The van der Waals surface area contributed by atoms with Crippen LogP contribution in [-0.4, -0.2) is 72.1 Å². The highest BCUT2D eigenvalue weighted by Crippen LogP contribution is 2.24. The van der Waals surface area contributed by atoms with Gasteiger partial charge >= 0.3 is 0 Å². The molecule has 10 heteroatoms. The first-order valence-electron chi connectivity index (χ1n) is 11.7. The van der Waals surface area contributed by atoms with E-state index in [9.17, 15) is 4.79 Å². The first kappa shape index (κ1) is 25.6. The normalized spacial score (nSPS) is 16.4. The lowest BCUT2D eigenvalue weighted by molar-refractivity contribution is 0.0537. The standard InChI is InChI=1S/C24H38N8O2/c1-8-32-12-11-18(14-32)25-21-27-22(29-23(28-21)31(6)15-24(3,4)5)26-19-13-17(10-9-16(19)2)20(33)30-34-7/h9-10,13,18H,8,11-12,14-15H2,1-7H3,(H,30,33)(H2,25,26,27,28,29)/t18-/m1/s1. The van der Waals surface area contributed by atoms with Crippen molar-refractivity contribution >= 4 is 29.4 Å². The number of likely N-dealkylation sites (N-methyl/N-ethyl adjacent to an activating group) is 1. The van der Waals surface area contributed by atoms with Crippen LogP contribution in [0.4, 0.5) is 23.5 Å². The topological polar surface area (TPSA) is 108 Å². The van der Waals surface area contributed by atoms with Crippen molar-refractivity contribution in [1.82, 2.24) is 25.3 Å². The van der Waals surface area contributed by atoms with Gasteiger partial charge in [0.2, 0.25) is 17.8 Å². The zero-order valence-corrected chi connectivity index (χ0v) is 21.4. The van der Waals surface area contributed by atoms with Gasteiger partial charge in [0.1, 0.15) is 0 Å². The number of anilines is 4. The number of nitrogens with one attached hydrogen (secondary N) is 3. The molecule has 2 aromatic rings. The van der Waals surface area contributed by atoms with Crippen molar-refractivity contribution in [2.75, 3.05) is 55.9 Å². The quantitative estimate of drug-likeness (QED) is 0.476. The minimum Gasteiger partial charge on any atom is -0.350 e. The van der Waals surface area contributed by atoms with E-state index in [0.717, 1.165) is 43.9 Å². The van der Waals surface area contributed by atoms with Crippen LogP contribution < -0.4 is 21.0 Å². The number of hydroxylamine groups is 1. The number of aryl methyl sites for hydroxylation is 1. The van der Waals surface area contributed by atoms with Crippen LogP contribution in [0.15, 0.2) is 18.2 Å². The molecule has 1 fully saturated rings. The molecule has 0 spiro atoms. The second kappa shape index (κ2) is 11.0. The van der Waals surface area contributed by atoms with Gasteiger partial charge in [0.15, 0.2) is 0 Å². The maximum Gasteiger partial charge on any atom is 0.274 e. The summed E-state index contributed by atoms with van der Waals surface area (Å²) in [5, 5.41) is 6.79. The molecule has 10 nitrogen and oxygen atoms in total. The third kappa shape index (κ3) is 7.01. The Hall–Kier alpha value is -2.98. The van der Waals surface area contributed by atoms with Crippen molar-refractivity contribution in [2.24, 2.45) is 5.41 Å². The molecule has 1 aliphatic heterocycles. The molecule has 34 heavy (non-hydrogen) atoms. The summed E-state index contributed by atoms with van der Waals surface area (Å²) in [6.07, 6.45) is 1.05. The zero-order chi connectivity index (χ0) is 24.9. The molecule has 3 rings (SSSR count). The summed E-state index contributed by atoms with van der Waals surface area (Å²) in [4.78, 5) is 35.5. The Kier molecular flexibility index (Phi) is 8.27. The summed E-state index contributed by atoms with van der Waals surface area (Å²) in [7, 11) is 3.40. The van der Waals surface area contributed by atoms with Crippen LogP contribution in [0.25, 0.3) is 0 Å². The monoisotopic (exact) mass is 470 g/mol. The van der Waals surface area contributed by atoms with Gasteiger partial charge in [-0.25, -0.2) is 5.48 Å². The van der Waals surface area contributed by atoms with Crippen LogP contribution in [0.1, 0.15) is 50.0 Å². The fourth-order valence-corrected chi connectivity index (χ4v) is 4.03. The Bertz CT molecular complexity index is 991. The van der Waals surface area contributed by atoms with E-state index in [1.54, 1.807) is 12.1 Å². The molecular formula is C24H38N8O2. The molecule has 1 aromatic heterocycles. The van der Waals surface area contributed by atoms with Crippen LogP contribution >= 0.6 is 0 Å². The average Bonchev–Trinajstić information content (AvgIpc) is 3.21. The van der Waals surface area contributed by atoms with Gasteiger partial charge < -0.3 is 20.4 Å². The Morgan fingerprint density at radius 2 is 1.97 bits per heavy atom. The van der Waals surface area contributed by atoms with E-state index in [4.69, 9.17) is 9.82 Å². The van der Waals surface area contributed by atoms with Crippen molar-refractivity contribution < 1.29 is 9.63 Å².